The van der Waals surface area contributed by atoms with E-state index in [1.165, 1.54) is 5.56 Å². The number of nitrogens with zero attached hydrogens (tertiary/aromatic N) is 1. The first kappa shape index (κ1) is 8.44. The number of nitrogens with one attached hydrogen (secondary N) is 1. The van der Waals surface area contributed by atoms with Crippen molar-refractivity contribution in [2.24, 2.45) is 5.73 Å². The fourth-order valence-corrected chi connectivity index (χ4v) is 2.08. The van der Waals surface area contributed by atoms with Crippen molar-refractivity contribution in [1.29, 1.82) is 0 Å². The fourth-order valence-electron chi connectivity index (χ4n) is 2.08. The van der Waals surface area contributed by atoms with E-state index in [-0.39, 0.29) is 5.69 Å². The molecule has 2 rings (SSSR count). The molecule has 70 valence electrons. The zero-order chi connectivity index (χ0) is 9.42. The van der Waals surface area contributed by atoms with Gasteiger partial charge in [0, 0.05) is 11.6 Å². The monoisotopic (exact) mass is 179 g/mol. The maximum absolute atomic E-state index is 11.0. The largest absolute Gasteiger partial charge is 0.345 e. The molecule has 1 heterocycles. The number of fused-ring (bicyclic) bond motifs is 1. The van der Waals surface area contributed by atoms with E-state index in [1.54, 1.807) is 0 Å². The summed E-state index contributed by atoms with van der Waals surface area (Å²) in [5.41, 5.74) is 8.44. The highest BCUT2D eigenvalue weighted by Gasteiger charge is 2.24. The first-order chi connectivity index (χ1) is 6.22. The second kappa shape index (κ2) is 2.96. The van der Waals surface area contributed by atoms with Crippen LogP contribution in [-0.4, -0.2) is 16.5 Å². The van der Waals surface area contributed by atoms with E-state index in [0.29, 0.717) is 12.5 Å². The highest BCUT2D eigenvalue weighted by molar-refractivity contribution is 5.32. The molecule has 0 saturated carbocycles. The van der Waals surface area contributed by atoms with Crippen LogP contribution in [0.25, 0.3) is 0 Å². The zero-order valence-corrected chi connectivity index (χ0v) is 7.63. The summed E-state index contributed by atoms with van der Waals surface area (Å²) >= 11 is 0. The summed E-state index contributed by atoms with van der Waals surface area (Å²) in [5.74, 6) is 0.388. The summed E-state index contributed by atoms with van der Waals surface area (Å²) in [5, 5.41) is 0. The van der Waals surface area contributed by atoms with Crippen molar-refractivity contribution in [1.82, 2.24) is 9.97 Å². The number of aromatic nitrogens is 2. The molecule has 0 radical (unpaired) electrons. The molecule has 0 aliphatic heterocycles. The molecule has 4 heteroatoms. The second-order valence-corrected chi connectivity index (χ2v) is 3.50. The zero-order valence-electron chi connectivity index (χ0n) is 7.63. The normalized spacial score (nSPS) is 20.3. The topological polar surface area (TPSA) is 71.8 Å². The van der Waals surface area contributed by atoms with Gasteiger partial charge in [-0.3, -0.25) is 0 Å². The van der Waals surface area contributed by atoms with Gasteiger partial charge in [0.2, 0.25) is 0 Å². The Bertz CT molecular complexity index is 383. The molecular weight excluding hydrogens is 166 g/mol. The molecule has 4 nitrogen and oxygen atoms in total. The van der Waals surface area contributed by atoms with Crippen LogP contribution < -0.4 is 11.4 Å². The van der Waals surface area contributed by atoms with E-state index in [0.717, 1.165) is 24.2 Å². The maximum Gasteiger partial charge on any atom is 0.345 e. The summed E-state index contributed by atoms with van der Waals surface area (Å²) in [6.45, 7) is 2.55. The molecular formula is C9H13N3O. The Morgan fingerprint density at radius 1 is 1.69 bits per heavy atom. The third kappa shape index (κ3) is 1.27. The lowest BCUT2D eigenvalue weighted by Gasteiger charge is -2.09. The van der Waals surface area contributed by atoms with Crippen molar-refractivity contribution in [3.8, 4) is 0 Å². The van der Waals surface area contributed by atoms with Crippen LogP contribution in [0.2, 0.25) is 0 Å². The average Bonchev–Trinajstić information content (AvgIpc) is 2.47. The summed E-state index contributed by atoms with van der Waals surface area (Å²) in [7, 11) is 0. The van der Waals surface area contributed by atoms with E-state index >= 15 is 0 Å². The molecule has 1 aromatic heterocycles. The minimum Gasteiger partial charge on any atom is -0.330 e. The average molecular weight is 179 g/mol. The molecule has 0 amide bonds. The molecule has 3 N–H and O–H groups in total. The Balaban J connectivity index is 2.58. The minimum absolute atomic E-state index is 0.242. The van der Waals surface area contributed by atoms with Gasteiger partial charge in [-0.1, -0.05) is 0 Å². The van der Waals surface area contributed by atoms with Crippen LogP contribution in [0.15, 0.2) is 4.79 Å². The summed E-state index contributed by atoms with van der Waals surface area (Å²) in [6, 6.07) is 0. The summed E-state index contributed by atoms with van der Waals surface area (Å²) in [4.78, 5) is 17.7. The van der Waals surface area contributed by atoms with Crippen molar-refractivity contribution in [3.05, 3.63) is 27.4 Å². The Kier molecular flexibility index (Phi) is 1.92. The van der Waals surface area contributed by atoms with Crippen LogP contribution in [0.3, 0.4) is 0 Å². The van der Waals surface area contributed by atoms with Gasteiger partial charge in [0.25, 0.3) is 0 Å². The SMILES string of the molecule is Cc1[nH]c(=O)nc2c1C(CN)CC2. The predicted octanol–water partition coefficient (Wildman–Crippen LogP) is 0.0668. The van der Waals surface area contributed by atoms with Gasteiger partial charge in [0.05, 0.1) is 5.69 Å². The highest BCUT2D eigenvalue weighted by Crippen LogP contribution is 2.31. The Hall–Kier alpha value is -1.16. The van der Waals surface area contributed by atoms with Crippen molar-refractivity contribution < 1.29 is 0 Å². The third-order valence-electron chi connectivity index (χ3n) is 2.67. The van der Waals surface area contributed by atoms with Crippen molar-refractivity contribution in [3.63, 3.8) is 0 Å². The van der Waals surface area contributed by atoms with E-state index in [1.807, 2.05) is 6.92 Å². The smallest absolute Gasteiger partial charge is 0.330 e. The molecule has 0 aromatic carbocycles. The molecule has 1 aromatic rings. The van der Waals surface area contributed by atoms with Gasteiger partial charge in [-0.15, -0.1) is 0 Å². The van der Waals surface area contributed by atoms with Gasteiger partial charge >= 0.3 is 5.69 Å². The van der Waals surface area contributed by atoms with Crippen LogP contribution in [0.5, 0.6) is 0 Å². The lowest BCUT2D eigenvalue weighted by atomic mass is 10.0. The van der Waals surface area contributed by atoms with Crippen molar-refractivity contribution in [2.45, 2.75) is 25.7 Å². The molecule has 1 aliphatic carbocycles. The molecule has 0 saturated heterocycles. The minimum atomic E-state index is -0.242. The van der Waals surface area contributed by atoms with E-state index in [9.17, 15) is 4.79 Å². The maximum atomic E-state index is 11.0. The van der Waals surface area contributed by atoms with Crippen LogP contribution in [-0.2, 0) is 6.42 Å². The van der Waals surface area contributed by atoms with Gasteiger partial charge in [-0.25, -0.2) is 4.79 Å². The quantitative estimate of drug-likeness (QED) is 0.640. The second-order valence-electron chi connectivity index (χ2n) is 3.50. The number of rotatable bonds is 1. The molecule has 1 aliphatic rings. The summed E-state index contributed by atoms with van der Waals surface area (Å²) in [6.07, 6.45) is 1.92. The number of H-pyrrole nitrogens is 1. The predicted molar refractivity (Wildman–Crippen MR) is 49.7 cm³/mol. The molecule has 0 bridgehead atoms. The van der Waals surface area contributed by atoms with Crippen LogP contribution >= 0.6 is 0 Å². The molecule has 0 spiro atoms. The standard InChI is InChI=1S/C9H13N3O/c1-5-8-6(4-10)2-3-7(8)12-9(13)11-5/h6H,2-4,10H2,1H3,(H,11,12,13). The van der Waals surface area contributed by atoms with Crippen LogP contribution in [0, 0.1) is 6.92 Å². The fraction of sp³-hybridized carbons (Fsp3) is 0.556. The van der Waals surface area contributed by atoms with Crippen LogP contribution in [0.4, 0.5) is 0 Å². The molecule has 13 heavy (non-hydrogen) atoms. The first-order valence-electron chi connectivity index (χ1n) is 4.52. The van der Waals surface area contributed by atoms with Gasteiger partial charge < -0.3 is 10.7 Å². The van der Waals surface area contributed by atoms with Gasteiger partial charge in [0.1, 0.15) is 0 Å². The number of aryl methyl sites for hydroxylation is 2. The molecule has 1 atom stereocenters. The van der Waals surface area contributed by atoms with Gasteiger partial charge in [0.15, 0.2) is 0 Å². The number of nitrogens with two attached hydrogens (primary N) is 1. The lowest BCUT2D eigenvalue weighted by Crippen LogP contribution is -2.17. The number of aromatic amines is 1. The number of hydrogen-bond donors (Lipinski definition) is 2. The van der Waals surface area contributed by atoms with E-state index < -0.39 is 0 Å². The highest BCUT2D eigenvalue weighted by atomic mass is 16.1. The third-order valence-corrected chi connectivity index (χ3v) is 2.67. The van der Waals surface area contributed by atoms with Crippen molar-refractivity contribution >= 4 is 0 Å². The van der Waals surface area contributed by atoms with E-state index in [4.69, 9.17) is 5.73 Å². The Morgan fingerprint density at radius 3 is 3.15 bits per heavy atom. The van der Waals surface area contributed by atoms with Gasteiger partial charge in [-0.05, 0) is 31.9 Å². The lowest BCUT2D eigenvalue weighted by molar-refractivity contribution is 0.683. The molecule has 0 fully saturated rings. The van der Waals surface area contributed by atoms with Crippen LogP contribution in [0.1, 0.15) is 29.3 Å². The Labute approximate surface area is 76.2 Å². The summed E-state index contributed by atoms with van der Waals surface area (Å²) < 4.78 is 0. The number of hydrogen-bond acceptors (Lipinski definition) is 3. The van der Waals surface area contributed by atoms with Gasteiger partial charge in [-0.2, -0.15) is 4.98 Å². The van der Waals surface area contributed by atoms with Crippen molar-refractivity contribution in [2.75, 3.05) is 6.54 Å². The molecule has 1 unspecified atom stereocenters. The van der Waals surface area contributed by atoms with E-state index in [2.05, 4.69) is 9.97 Å². The Morgan fingerprint density at radius 2 is 2.46 bits per heavy atom. The first-order valence-corrected chi connectivity index (χ1v) is 4.52.